The number of hydrogen-bond donors (Lipinski definition) is 2. The van der Waals surface area contributed by atoms with Crippen LogP contribution < -0.4 is 5.32 Å². The summed E-state index contributed by atoms with van der Waals surface area (Å²) in [7, 11) is 0. The first kappa shape index (κ1) is 15.3. The molecular weight excluding hydrogens is 234 g/mol. The fraction of sp³-hybridized carbons (Fsp3) is 1.00. The van der Waals surface area contributed by atoms with Gasteiger partial charge in [0.15, 0.2) is 0 Å². The van der Waals surface area contributed by atoms with Crippen molar-refractivity contribution in [3.05, 3.63) is 0 Å². The molecule has 1 saturated carbocycles. The average Bonchev–Trinajstić information content (AvgIpc) is 2.69. The van der Waals surface area contributed by atoms with Gasteiger partial charge >= 0.3 is 0 Å². The molecule has 0 aliphatic heterocycles. The van der Waals surface area contributed by atoms with Gasteiger partial charge in [-0.3, -0.25) is 0 Å². The lowest BCUT2D eigenvalue weighted by atomic mass is 10.2. The maximum absolute atomic E-state index is 9.84. The van der Waals surface area contributed by atoms with E-state index in [4.69, 9.17) is 4.74 Å². The average molecular weight is 261 g/mol. The maximum Gasteiger partial charge on any atom is 0.0898 e. The first-order valence-corrected chi connectivity index (χ1v) is 7.79. The van der Waals surface area contributed by atoms with Crippen molar-refractivity contribution >= 4 is 11.8 Å². The van der Waals surface area contributed by atoms with Crippen molar-refractivity contribution in [3.63, 3.8) is 0 Å². The van der Waals surface area contributed by atoms with E-state index in [2.05, 4.69) is 11.6 Å². The number of nitrogens with one attached hydrogen (secondary N) is 1. The summed E-state index contributed by atoms with van der Waals surface area (Å²) >= 11 is 1.93. The normalized spacial score (nSPS) is 27.4. The molecule has 1 fully saturated rings. The van der Waals surface area contributed by atoms with E-state index in [9.17, 15) is 5.11 Å². The zero-order valence-electron chi connectivity index (χ0n) is 11.5. The third-order valence-electron chi connectivity index (χ3n) is 3.08. The van der Waals surface area contributed by atoms with E-state index in [1.807, 2.05) is 32.5 Å². The van der Waals surface area contributed by atoms with Crippen molar-refractivity contribution in [1.82, 2.24) is 5.32 Å². The number of thioether (sulfide) groups is 1. The molecule has 0 aromatic carbocycles. The molecule has 3 unspecified atom stereocenters. The molecule has 0 aromatic heterocycles. The highest BCUT2D eigenvalue weighted by Gasteiger charge is 2.26. The van der Waals surface area contributed by atoms with Gasteiger partial charge in [0.05, 0.1) is 18.3 Å². The molecule has 4 heteroatoms. The predicted octanol–water partition coefficient (Wildman–Crippen LogP) is 2.04. The molecule has 0 heterocycles. The Morgan fingerprint density at radius 1 is 1.41 bits per heavy atom. The van der Waals surface area contributed by atoms with Crippen LogP contribution in [-0.4, -0.2) is 47.5 Å². The van der Waals surface area contributed by atoms with Crippen LogP contribution in [0, 0.1) is 0 Å². The number of rotatable bonds is 6. The van der Waals surface area contributed by atoms with Crippen molar-refractivity contribution < 1.29 is 9.84 Å². The lowest BCUT2D eigenvalue weighted by molar-refractivity contribution is -0.0483. The van der Waals surface area contributed by atoms with Crippen LogP contribution in [0.2, 0.25) is 0 Å². The van der Waals surface area contributed by atoms with E-state index in [1.165, 1.54) is 19.3 Å². The van der Waals surface area contributed by atoms with Gasteiger partial charge in [-0.1, -0.05) is 6.42 Å². The van der Waals surface area contributed by atoms with Crippen molar-refractivity contribution in [2.45, 2.75) is 63.0 Å². The molecule has 3 nitrogen and oxygen atoms in total. The molecule has 0 radical (unpaired) electrons. The van der Waals surface area contributed by atoms with Gasteiger partial charge in [-0.05, 0) is 39.9 Å². The highest BCUT2D eigenvalue weighted by molar-refractivity contribution is 7.99. The predicted molar refractivity (Wildman–Crippen MR) is 74.7 cm³/mol. The number of aliphatic hydroxyl groups excluding tert-OH is 1. The molecule has 102 valence electrons. The van der Waals surface area contributed by atoms with Crippen molar-refractivity contribution in [1.29, 1.82) is 0 Å². The van der Waals surface area contributed by atoms with E-state index in [-0.39, 0.29) is 5.60 Å². The first-order valence-electron chi connectivity index (χ1n) is 6.50. The van der Waals surface area contributed by atoms with Gasteiger partial charge in [0.2, 0.25) is 0 Å². The second-order valence-corrected chi connectivity index (χ2v) is 6.87. The highest BCUT2D eigenvalue weighted by Crippen LogP contribution is 2.28. The lowest BCUT2D eigenvalue weighted by Gasteiger charge is -2.24. The quantitative estimate of drug-likeness (QED) is 0.768. The zero-order valence-corrected chi connectivity index (χ0v) is 12.3. The van der Waals surface area contributed by atoms with Gasteiger partial charge < -0.3 is 15.2 Å². The van der Waals surface area contributed by atoms with Gasteiger partial charge in [0.1, 0.15) is 0 Å². The fourth-order valence-electron chi connectivity index (χ4n) is 2.13. The van der Waals surface area contributed by atoms with E-state index < -0.39 is 6.10 Å². The molecule has 1 rings (SSSR count). The number of hydrogen-bond acceptors (Lipinski definition) is 4. The third-order valence-corrected chi connectivity index (χ3v) is 4.25. The van der Waals surface area contributed by atoms with Crippen LogP contribution in [-0.2, 0) is 4.74 Å². The van der Waals surface area contributed by atoms with Crippen LogP contribution in [0.1, 0.15) is 40.0 Å². The minimum Gasteiger partial charge on any atom is -0.389 e. The summed E-state index contributed by atoms with van der Waals surface area (Å²) in [4.78, 5) is 0. The van der Waals surface area contributed by atoms with Crippen LogP contribution in [0.5, 0.6) is 0 Å². The molecule has 1 aliphatic carbocycles. The van der Waals surface area contributed by atoms with Gasteiger partial charge in [0, 0.05) is 17.8 Å². The Morgan fingerprint density at radius 2 is 2.12 bits per heavy atom. The fourth-order valence-corrected chi connectivity index (χ4v) is 3.10. The summed E-state index contributed by atoms with van der Waals surface area (Å²) < 4.78 is 5.56. The molecule has 0 aromatic rings. The van der Waals surface area contributed by atoms with E-state index >= 15 is 0 Å². The molecule has 3 atom stereocenters. The Hall–Kier alpha value is 0.230. The molecular formula is C13H27NO2S. The number of ether oxygens (including phenoxy) is 1. The van der Waals surface area contributed by atoms with Crippen LogP contribution in [0.3, 0.4) is 0 Å². The molecule has 2 N–H and O–H groups in total. The van der Waals surface area contributed by atoms with E-state index in [0.29, 0.717) is 24.4 Å². The Labute approximate surface area is 110 Å². The Bertz CT molecular complexity index is 218. The van der Waals surface area contributed by atoms with E-state index in [1.54, 1.807) is 0 Å². The second kappa shape index (κ2) is 6.98. The van der Waals surface area contributed by atoms with Crippen molar-refractivity contribution in [2.24, 2.45) is 0 Å². The van der Waals surface area contributed by atoms with Crippen molar-refractivity contribution in [2.75, 3.05) is 19.4 Å². The summed E-state index contributed by atoms with van der Waals surface area (Å²) in [5, 5.41) is 14.0. The smallest absolute Gasteiger partial charge is 0.0898 e. The minimum absolute atomic E-state index is 0.170. The standard InChI is InChI=1S/C13H27NO2S/c1-13(2,3)16-9-10(15)8-14-11-6-5-7-12(11)17-4/h10-12,14-15H,5-9H2,1-4H3. The van der Waals surface area contributed by atoms with E-state index in [0.717, 1.165) is 0 Å². The second-order valence-electron chi connectivity index (χ2n) is 5.80. The molecule has 0 spiro atoms. The highest BCUT2D eigenvalue weighted by atomic mass is 32.2. The minimum atomic E-state index is -0.405. The summed E-state index contributed by atoms with van der Waals surface area (Å²) in [6, 6.07) is 0.564. The lowest BCUT2D eigenvalue weighted by Crippen LogP contribution is -2.41. The Balaban J connectivity index is 2.17. The zero-order chi connectivity index (χ0) is 12.9. The third kappa shape index (κ3) is 6.09. The monoisotopic (exact) mass is 261 g/mol. The van der Waals surface area contributed by atoms with Gasteiger partial charge in [0.25, 0.3) is 0 Å². The summed E-state index contributed by atoms with van der Waals surface area (Å²) in [5.74, 6) is 0. The molecule has 0 amide bonds. The molecule has 1 aliphatic rings. The topological polar surface area (TPSA) is 41.5 Å². The Kier molecular flexibility index (Phi) is 6.27. The molecule has 0 saturated heterocycles. The van der Waals surface area contributed by atoms with Gasteiger partial charge in [-0.25, -0.2) is 0 Å². The van der Waals surface area contributed by atoms with Crippen LogP contribution in [0.4, 0.5) is 0 Å². The summed E-state index contributed by atoms with van der Waals surface area (Å²) in [6.45, 7) is 7.07. The van der Waals surface area contributed by atoms with Crippen LogP contribution in [0.25, 0.3) is 0 Å². The van der Waals surface area contributed by atoms with Gasteiger partial charge in [-0.15, -0.1) is 0 Å². The summed E-state index contributed by atoms with van der Waals surface area (Å²) in [5.41, 5.74) is -0.170. The SMILES string of the molecule is CSC1CCCC1NCC(O)COC(C)(C)C. The first-order chi connectivity index (χ1) is 7.92. The molecule has 17 heavy (non-hydrogen) atoms. The molecule has 0 bridgehead atoms. The summed E-state index contributed by atoms with van der Waals surface area (Å²) in [6.07, 6.45) is 5.60. The largest absolute Gasteiger partial charge is 0.389 e. The number of aliphatic hydroxyl groups is 1. The Morgan fingerprint density at radius 3 is 2.71 bits per heavy atom. The van der Waals surface area contributed by atoms with Gasteiger partial charge in [-0.2, -0.15) is 11.8 Å². The van der Waals surface area contributed by atoms with Crippen LogP contribution in [0.15, 0.2) is 0 Å². The maximum atomic E-state index is 9.84. The van der Waals surface area contributed by atoms with Crippen LogP contribution >= 0.6 is 11.8 Å². The van der Waals surface area contributed by atoms with Crippen molar-refractivity contribution in [3.8, 4) is 0 Å².